The summed E-state index contributed by atoms with van der Waals surface area (Å²) < 4.78 is 24.5. The fourth-order valence-electron chi connectivity index (χ4n) is 2.49. The lowest BCUT2D eigenvalue weighted by molar-refractivity contribution is -0.117. The first-order valence-electron chi connectivity index (χ1n) is 7.72. The van der Waals surface area contributed by atoms with Crippen molar-refractivity contribution in [1.29, 1.82) is 0 Å². The maximum absolute atomic E-state index is 11.4. The summed E-state index contributed by atoms with van der Waals surface area (Å²) in [7, 11) is -3.78. The fraction of sp³-hybridized carbons (Fsp3) is 0.118. The van der Waals surface area contributed by atoms with Crippen molar-refractivity contribution in [2.45, 2.75) is 17.9 Å². The van der Waals surface area contributed by atoms with Crippen LogP contribution < -0.4 is 10.9 Å². The zero-order valence-corrected chi connectivity index (χ0v) is 14.6. The molecule has 0 unspecified atom stereocenters. The normalized spacial score (nSPS) is 11.4. The van der Waals surface area contributed by atoms with Crippen molar-refractivity contribution in [2.75, 3.05) is 0 Å². The van der Waals surface area contributed by atoms with E-state index in [1.807, 2.05) is 30.3 Å². The largest absolute Gasteiger partial charge is 0.369 e. The lowest BCUT2D eigenvalue weighted by Crippen LogP contribution is -2.15. The van der Waals surface area contributed by atoms with Gasteiger partial charge >= 0.3 is 0 Å². The Labute approximate surface area is 150 Å². The van der Waals surface area contributed by atoms with Crippen LogP contribution in [0.1, 0.15) is 11.4 Å². The Hall–Kier alpha value is -3.04. The van der Waals surface area contributed by atoms with Gasteiger partial charge in [-0.05, 0) is 29.8 Å². The molecule has 0 aliphatic rings. The molecule has 0 saturated carbocycles. The van der Waals surface area contributed by atoms with E-state index in [4.69, 9.17) is 10.9 Å². The Morgan fingerprint density at radius 2 is 1.69 bits per heavy atom. The second-order valence-electron chi connectivity index (χ2n) is 5.71. The monoisotopic (exact) mass is 371 g/mol. The van der Waals surface area contributed by atoms with Crippen LogP contribution in [0.15, 0.2) is 59.5 Å². The van der Waals surface area contributed by atoms with E-state index in [1.165, 1.54) is 12.1 Å². The van der Waals surface area contributed by atoms with E-state index in [9.17, 15) is 13.2 Å². The molecule has 1 aromatic heterocycles. The van der Waals surface area contributed by atoms with Crippen LogP contribution in [-0.2, 0) is 27.8 Å². The number of benzene rings is 2. The minimum absolute atomic E-state index is 0.00716. The number of nitrogens with two attached hydrogens (primary N) is 2. The van der Waals surface area contributed by atoms with Gasteiger partial charge in [0.15, 0.2) is 11.6 Å². The summed E-state index contributed by atoms with van der Waals surface area (Å²) in [6, 6.07) is 15.6. The summed E-state index contributed by atoms with van der Waals surface area (Å²) in [4.78, 5) is 15.6. The van der Waals surface area contributed by atoms with Gasteiger partial charge in [0, 0.05) is 5.56 Å². The van der Waals surface area contributed by atoms with Gasteiger partial charge in [-0.1, -0.05) is 30.3 Å². The number of carbonyl (C=O) groups excluding carboxylic acids is 1. The van der Waals surface area contributed by atoms with Crippen molar-refractivity contribution in [3.05, 3.63) is 66.0 Å². The maximum Gasteiger partial charge on any atom is 0.238 e. The molecule has 9 heteroatoms. The first-order chi connectivity index (χ1) is 12.3. The molecule has 1 amide bonds. The van der Waals surface area contributed by atoms with Gasteiger partial charge in [0.05, 0.1) is 17.9 Å². The van der Waals surface area contributed by atoms with Crippen LogP contribution in [0.25, 0.3) is 11.4 Å². The summed E-state index contributed by atoms with van der Waals surface area (Å²) >= 11 is 0. The van der Waals surface area contributed by atoms with Crippen molar-refractivity contribution < 1.29 is 13.2 Å². The molecular weight excluding hydrogens is 354 g/mol. The average Bonchev–Trinajstić information content (AvgIpc) is 2.96. The molecule has 0 aliphatic heterocycles. The van der Waals surface area contributed by atoms with Crippen LogP contribution in [0.4, 0.5) is 0 Å². The van der Waals surface area contributed by atoms with Crippen molar-refractivity contribution >= 4 is 15.9 Å². The Morgan fingerprint density at radius 3 is 2.27 bits per heavy atom. The molecule has 4 N–H and O–H groups in total. The molecule has 2 aromatic carbocycles. The summed E-state index contributed by atoms with van der Waals surface area (Å²) in [6.45, 7) is 0.443. The third kappa shape index (κ3) is 4.13. The molecule has 0 radical (unpaired) electrons. The molecule has 3 aromatic rings. The van der Waals surface area contributed by atoms with Gasteiger partial charge in [-0.25, -0.2) is 23.2 Å². The molecule has 0 atom stereocenters. The van der Waals surface area contributed by atoms with E-state index in [0.717, 1.165) is 5.56 Å². The summed E-state index contributed by atoms with van der Waals surface area (Å²) in [6.07, 6.45) is -0.0793. The molecule has 8 nitrogen and oxygen atoms in total. The second kappa shape index (κ2) is 7.06. The quantitative estimate of drug-likeness (QED) is 0.657. The van der Waals surface area contributed by atoms with Crippen LogP contribution in [-0.4, -0.2) is 29.1 Å². The number of nitrogens with zero attached hydrogens (tertiary/aromatic N) is 3. The highest BCUT2D eigenvalue weighted by Gasteiger charge is 2.15. The molecule has 134 valence electrons. The SMILES string of the molecule is NC(=O)Cc1nc(-c2ccc(S(N)(=O)=O)cc2)n(Cc2ccccc2)n1. The van der Waals surface area contributed by atoms with E-state index >= 15 is 0 Å². The molecule has 0 saturated heterocycles. The molecule has 1 heterocycles. The molecule has 26 heavy (non-hydrogen) atoms. The number of rotatable bonds is 6. The highest BCUT2D eigenvalue weighted by molar-refractivity contribution is 7.89. The zero-order valence-electron chi connectivity index (χ0n) is 13.7. The van der Waals surface area contributed by atoms with Crippen LogP contribution in [0.3, 0.4) is 0 Å². The van der Waals surface area contributed by atoms with Crippen LogP contribution >= 0.6 is 0 Å². The molecule has 0 spiro atoms. The van der Waals surface area contributed by atoms with Gasteiger partial charge in [-0.3, -0.25) is 4.79 Å². The van der Waals surface area contributed by atoms with Gasteiger partial charge in [0.25, 0.3) is 0 Å². The smallest absolute Gasteiger partial charge is 0.238 e. The minimum atomic E-state index is -3.78. The first kappa shape index (κ1) is 17.8. The van der Waals surface area contributed by atoms with Crippen molar-refractivity contribution in [1.82, 2.24) is 14.8 Å². The lowest BCUT2D eigenvalue weighted by atomic mass is 10.2. The van der Waals surface area contributed by atoms with E-state index in [-0.39, 0.29) is 11.3 Å². The molecule has 3 rings (SSSR count). The van der Waals surface area contributed by atoms with Gasteiger partial charge in [0.2, 0.25) is 15.9 Å². The van der Waals surface area contributed by atoms with Crippen molar-refractivity contribution in [3.8, 4) is 11.4 Å². The number of hydrogen-bond donors (Lipinski definition) is 2. The van der Waals surface area contributed by atoms with Gasteiger partial charge in [-0.15, -0.1) is 0 Å². The molecule has 0 fully saturated rings. The molecule has 0 aliphatic carbocycles. The Morgan fingerprint density at radius 1 is 1.04 bits per heavy atom. The number of amides is 1. The average molecular weight is 371 g/mol. The third-order valence-electron chi connectivity index (χ3n) is 3.66. The Bertz CT molecular complexity index is 1030. The number of sulfonamides is 1. The summed E-state index contributed by atoms with van der Waals surface area (Å²) in [5.41, 5.74) is 6.89. The summed E-state index contributed by atoms with van der Waals surface area (Å²) in [5.74, 6) is 0.281. The van der Waals surface area contributed by atoms with Crippen LogP contribution in [0.2, 0.25) is 0 Å². The third-order valence-corrected chi connectivity index (χ3v) is 4.59. The van der Waals surface area contributed by atoms with Crippen LogP contribution in [0.5, 0.6) is 0 Å². The number of aromatic nitrogens is 3. The fourth-order valence-corrected chi connectivity index (χ4v) is 3.01. The topological polar surface area (TPSA) is 134 Å². The lowest BCUT2D eigenvalue weighted by Gasteiger charge is -2.07. The van der Waals surface area contributed by atoms with E-state index < -0.39 is 15.9 Å². The Kier molecular flexibility index (Phi) is 4.83. The van der Waals surface area contributed by atoms with Crippen molar-refractivity contribution in [2.24, 2.45) is 10.9 Å². The Balaban J connectivity index is 2.01. The maximum atomic E-state index is 11.4. The summed E-state index contributed by atoms with van der Waals surface area (Å²) in [5, 5.41) is 9.48. The van der Waals surface area contributed by atoms with Gasteiger partial charge < -0.3 is 5.73 Å². The number of primary amides is 1. The van der Waals surface area contributed by atoms with E-state index in [2.05, 4.69) is 10.1 Å². The predicted molar refractivity (Wildman–Crippen MR) is 95.3 cm³/mol. The van der Waals surface area contributed by atoms with Crippen LogP contribution in [0, 0.1) is 0 Å². The highest BCUT2D eigenvalue weighted by Crippen LogP contribution is 2.21. The minimum Gasteiger partial charge on any atom is -0.369 e. The molecular formula is C17H17N5O3S. The number of hydrogen-bond acceptors (Lipinski definition) is 5. The van der Waals surface area contributed by atoms with Gasteiger partial charge in [-0.2, -0.15) is 5.10 Å². The number of primary sulfonamides is 1. The van der Waals surface area contributed by atoms with Gasteiger partial charge in [0.1, 0.15) is 0 Å². The zero-order chi connectivity index (χ0) is 18.7. The van der Waals surface area contributed by atoms with E-state index in [1.54, 1.807) is 16.8 Å². The standard InChI is InChI=1S/C17H17N5O3S/c18-15(23)10-16-20-17(13-6-8-14(9-7-13)26(19,24)25)22(21-16)11-12-4-2-1-3-5-12/h1-9H,10-11H2,(H2,18,23)(H2,19,24,25). The van der Waals surface area contributed by atoms with Crippen molar-refractivity contribution in [3.63, 3.8) is 0 Å². The number of carbonyl (C=O) groups is 1. The first-order valence-corrected chi connectivity index (χ1v) is 9.27. The van der Waals surface area contributed by atoms with E-state index in [0.29, 0.717) is 23.8 Å². The second-order valence-corrected chi connectivity index (χ2v) is 7.27. The highest BCUT2D eigenvalue weighted by atomic mass is 32.2. The predicted octanol–water partition coefficient (Wildman–Crippen LogP) is 0.669. The molecule has 0 bridgehead atoms.